The first-order valence-electron chi connectivity index (χ1n) is 7.04. The van der Waals surface area contributed by atoms with E-state index in [9.17, 15) is 24.6 Å². The topological polar surface area (TPSA) is 107 Å². The molecule has 0 aliphatic rings. The van der Waals surface area contributed by atoms with Gasteiger partial charge in [0.05, 0.1) is 5.56 Å². The fourth-order valence-corrected chi connectivity index (χ4v) is 3.70. The van der Waals surface area contributed by atoms with Crippen LogP contribution in [0.1, 0.15) is 47.2 Å². The summed E-state index contributed by atoms with van der Waals surface area (Å²) in [5.74, 6) is -2.81. The Balaban J connectivity index is 2.29. The fourth-order valence-electron chi connectivity index (χ4n) is 2.64. The second-order valence-corrected chi connectivity index (χ2v) is 6.46. The monoisotopic (exact) mass is 343 g/mol. The number of nitrogens with one attached hydrogen (secondary N) is 1. The number of carbonyl (C=O) groups excluding carboxylic acids is 1. The number of carboxylic acids is 2. The Bertz CT molecular complexity index is 994. The summed E-state index contributed by atoms with van der Waals surface area (Å²) in [7, 11) is 0. The molecule has 0 unspecified atom stereocenters. The van der Waals surface area contributed by atoms with Crippen LogP contribution >= 0.6 is 11.3 Å². The molecular weight excluding hydrogens is 330 g/mol. The van der Waals surface area contributed by atoms with Gasteiger partial charge >= 0.3 is 11.9 Å². The second kappa shape index (κ2) is 5.61. The Morgan fingerprint density at radius 1 is 1.00 bits per heavy atom. The van der Waals surface area contributed by atoms with E-state index >= 15 is 0 Å². The van der Waals surface area contributed by atoms with E-state index in [0.717, 1.165) is 16.9 Å². The summed E-state index contributed by atoms with van der Waals surface area (Å²) in [6.45, 7) is 3.46. The minimum atomic E-state index is -1.26. The summed E-state index contributed by atoms with van der Waals surface area (Å²) in [5, 5.41) is 19.0. The lowest BCUT2D eigenvalue weighted by atomic mass is 9.98. The van der Waals surface area contributed by atoms with Gasteiger partial charge in [0.15, 0.2) is 5.78 Å². The van der Waals surface area contributed by atoms with Gasteiger partial charge in [0.2, 0.25) is 0 Å². The molecule has 122 valence electrons. The molecule has 2 heterocycles. The molecule has 0 saturated heterocycles. The number of thiophene rings is 1. The molecule has 24 heavy (non-hydrogen) atoms. The largest absolute Gasteiger partial charge is 0.477 e. The number of aromatic amines is 1. The molecule has 0 amide bonds. The normalized spacial score (nSPS) is 10.9. The number of hydrogen-bond donors (Lipinski definition) is 3. The molecule has 3 rings (SSSR count). The standard InChI is InChI=1S/C17H13NO5S/c1-7-3-5-9(6-4-7)13(19)11-10-8(2)14(17(22)23)24-15(10)18-12(11)16(20)21/h3-6,18H,1-2H3,(H,20,21)(H,22,23). The van der Waals surface area contributed by atoms with Crippen LogP contribution < -0.4 is 0 Å². The van der Waals surface area contributed by atoms with Crippen molar-refractivity contribution < 1.29 is 24.6 Å². The molecular formula is C17H13NO5S. The lowest BCUT2D eigenvalue weighted by Gasteiger charge is -2.03. The molecule has 0 aliphatic carbocycles. The molecule has 3 aromatic rings. The molecule has 0 spiro atoms. The third-order valence-corrected chi connectivity index (χ3v) is 5.03. The van der Waals surface area contributed by atoms with Gasteiger partial charge in [0, 0.05) is 10.9 Å². The first kappa shape index (κ1) is 15.9. The molecule has 0 aliphatic heterocycles. The van der Waals surface area contributed by atoms with Crippen molar-refractivity contribution in [3.05, 3.63) is 57.1 Å². The van der Waals surface area contributed by atoms with Crippen LogP contribution in [0.3, 0.4) is 0 Å². The zero-order valence-corrected chi connectivity index (χ0v) is 13.7. The smallest absolute Gasteiger partial charge is 0.353 e. The van der Waals surface area contributed by atoms with Gasteiger partial charge in [-0.3, -0.25) is 4.79 Å². The van der Waals surface area contributed by atoms with Crippen molar-refractivity contribution in [2.24, 2.45) is 0 Å². The van der Waals surface area contributed by atoms with Gasteiger partial charge in [0.25, 0.3) is 0 Å². The van der Waals surface area contributed by atoms with Crippen LogP contribution in [0.5, 0.6) is 0 Å². The van der Waals surface area contributed by atoms with E-state index in [0.29, 0.717) is 21.3 Å². The van der Waals surface area contributed by atoms with Crippen LogP contribution in [-0.4, -0.2) is 32.9 Å². The van der Waals surface area contributed by atoms with E-state index in [1.54, 1.807) is 31.2 Å². The summed E-state index contributed by atoms with van der Waals surface area (Å²) in [6.07, 6.45) is 0. The van der Waals surface area contributed by atoms with E-state index < -0.39 is 17.7 Å². The molecule has 0 bridgehead atoms. The molecule has 0 radical (unpaired) electrons. The lowest BCUT2D eigenvalue weighted by Crippen LogP contribution is -2.09. The SMILES string of the molecule is Cc1ccc(C(=O)c2c(C(=O)O)[nH]c3sc(C(=O)O)c(C)c23)cc1. The van der Waals surface area contributed by atoms with Gasteiger partial charge in [-0.1, -0.05) is 29.8 Å². The van der Waals surface area contributed by atoms with Crippen molar-refractivity contribution in [3.8, 4) is 0 Å². The van der Waals surface area contributed by atoms with Gasteiger partial charge in [-0.25, -0.2) is 9.59 Å². The number of carboxylic acid groups (broad SMARTS) is 2. The zero-order valence-electron chi connectivity index (χ0n) is 12.8. The number of ketones is 1. The van der Waals surface area contributed by atoms with Crippen LogP contribution in [0.2, 0.25) is 0 Å². The zero-order chi connectivity index (χ0) is 17.6. The molecule has 3 N–H and O–H groups in total. The molecule has 0 atom stereocenters. The fraction of sp³-hybridized carbons (Fsp3) is 0.118. The van der Waals surface area contributed by atoms with Crippen LogP contribution in [0.4, 0.5) is 0 Å². The quantitative estimate of drug-likeness (QED) is 0.629. The van der Waals surface area contributed by atoms with Crippen molar-refractivity contribution in [1.82, 2.24) is 4.98 Å². The van der Waals surface area contributed by atoms with Crippen molar-refractivity contribution in [1.29, 1.82) is 0 Å². The number of benzene rings is 1. The van der Waals surface area contributed by atoms with E-state index in [2.05, 4.69) is 4.98 Å². The van der Waals surface area contributed by atoms with Crippen molar-refractivity contribution in [3.63, 3.8) is 0 Å². The number of fused-ring (bicyclic) bond motifs is 1. The van der Waals surface area contributed by atoms with Crippen LogP contribution in [0.25, 0.3) is 10.2 Å². The van der Waals surface area contributed by atoms with E-state index in [-0.39, 0.29) is 16.1 Å². The third-order valence-electron chi connectivity index (χ3n) is 3.83. The lowest BCUT2D eigenvalue weighted by molar-refractivity contribution is 0.0683. The minimum absolute atomic E-state index is 0.00241. The highest BCUT2D eigenvalue weighted by molar-refractivity contribution is 7.20. The maximum Gasteiger partial charge on any atom is 0.353 e. The van der Waals surface area contributed by atoms with Crippen LogP contribution in [-0.2, 0) is 0 Å². The average Bonchev–Trinajstić information content (AvgIpc) is 3.05. The molecule has 0 fully saturated rings. The number of aryl methyl sites for hydroxylation is 2. The molecule has 6 nitrogen and oxygen atoms in total. The Kier molecular flexibility index (Phi) is 3.73. The number of hydrogen-bond acceptors (Lipinski definition) is 4. The second-order valence-electron chi connectivity index (χ2n) is 5.44. The van der Waals surface area contributed by atoms with E-state index in [4.69, 9.17) is 0 Å². The van der Waals surface area contributed by atoms with Gasteiger partial charge < -0.3 is 15.2 Å². The molecule has 2 aromatic heterocycles. The maximum atomic E-state index is 12.9. The molecule has 7 heteroatoms. The van der Waals surface area contributed by atoms with E-state index in [1.165, 1.54) is 0 Å². The highest BCUT2D eigenvalue weighted by Crippen LogP contribution is 2.36. The first-order valence-corrected chi connectivity index (χ1v) is 7.86. The Labute approximate surface area is 140 Å². The van der Waals surface area contributed by atoms with Gasteiger partial charge in [-0.05, 0) is 19.4 Å². The van der Waals surface area contributed by atoms with Gasteiger partial charge in [0.1, 0.15) is 15.4 Å². The van der Waals surface area contributed by atoms with Gasteiger partial charge in [-0.2, -0.15) is 0 Å². The highest BCUT2D eigenvalue weighted by atomic mass is 32.1. The number of aromatic carboxylic acids is 2. The average molecular weight is 343 g/mol. The Morgan fingerprint density at radius 2 is 1.62 bits per heavy atom. The summed E-state index contributed by atoms with van der Waals surface area (Å²) in [6, 6.07) is 6.78. The van der Waals surface area contributed by atoms with E-state index in [1.807, 2.05) is 6.92 Å². The summed E-state index contributed by atoms with van der Waals surface area (Å²) >= 11 is 0.929. The predicted molar refractivity (Wildman–Crippen MR) is 89.4 cm³/mol. The number of carbonyl (C=O) groups is 3. The minimum Gasteiger partial charge on any atom is -0.477 e. The Morgan fingerprint density at radius 3 is 2.17 bits per heavy atom. The predicted octanol–water partition coefficient (Wildman–Crippen LogP) is 3.47. The summed E-state index contributed by atoms with van der Waals surface area (Å²) in [5.41, 5.74) is 1.50. The van der Waals surface area contributed by atoms with Crippen molar-refractivity contribution >= 4 is 39.3 Å². The van der Waals surface area contributed by atoms with Crippen LogP contribution in [0, 0.1) is 13.8 Å². The van der Waals surface area contributed by atoms with Crippen molar-refractivity contribution in [2.45, 2.75) is 13.8 Å². The first-order chi connectivity index (χ1) is 11.3. The van der Waals surface area contributed by atoms with Crippen molar-refractivity contribution in [2.75, 3.05) is 0 Å². The third kappa shape index (κ3) is 2.39. The number of aromatic nitrogens is 1. The number of H-pyrrole nitrogens is 1. The molecule has 1 aromatic carbocycles. The summed E-state index contributed by atoms with van der Waals surface area (Å²) in [4.78, 5) is 38.8. The van der Waals surface area contributed by atoms with Gasteiger partial charge in [-0.15, -0.1) is 11.3 Å². The Hall–Kier alpha value is -2.93. The molecule has 0 saturated carbocycles. The highest BCUT2D eigenvalue weighted by Gasteiger charge is 2.28. The number of rotatable bonds is 4. The van der Waals surface area contributed by atoms with Crippen LogP contribution in [0.15, 0.2) is 24.3 Å². The maximum absolute atomic E-state index is 12.9. The summed E-state index contributed by atoms with van der Waals surface area (Å²) < 4.78 is 0.